The predicted octanol–water partition coefficient (Wildman–Crippen LogP) is 1.46. The second-order valence-corrected chi connectivity index (χ2v) is 4.14. The van der Waals surface area contributed by atoms with E-state index in [-0.39, 0.29) is 0 Å². The molecule has 0 aromatic carbocycles. The summed E-state index contributed by atoms with van der Waals surface area (Å²) in [6, 6.07) is 0.655. The van der Waals surface area contributed by atoms with Gasteiger partial charge in [-0.25, -0.2) is 0 Å². The topological polar surface area (TPSA) is 6.48 Å². The molecule has 1 atom stereocenters. The summed E-state index contributed by atoms with van der Waals surface area (Å²) in [5.74, 6) is 0.903. The van der Waals surface area contributed by atoms with Crippen LogP contribution in [0.25, 0.3) is 0 Å². The number of likely N-dealkylation sites (tertiary alicyclic amines) is 1. The van der Waals surface area contributed by atoms with E-state index < -0.39 is 0 Å². The van der Waals surface area contributed by atoms with Crippen LogP contribution in [-0.4, -0.2) is 49.5 Å². The molecule has 1 fully saturated rings. The molecule has 2 nitrogen and oxygen atoms in total. The molecule has 1 aliphatic rings. The van der Waals surface area contributed by atoms with Gasteiger partial charge in [-0.05, 0) is 45.9 Å². The number of hydrogen-bond acceptors (Lipinski definition) is 2. The van der Waals surface area contributed by atoms with Crippen molar-refractivity contribution in [2.45, 2.75) is 12.8 Å². The minimum atomic E-state index is 0.655. The van der Waals surface area contributed by atoms with E-state index in [9.17, 15) is 0 Å². The lowest BCUT2D eigenvalue weighted by atomic mass is 10.1. The number of rotatable bonds is 4. The molecule has 1 aliphatic heterocycles. The molecule has 0 saturated carbocycles. The highest BCUT2D eigenvalue weighted by Gasteiger charge is 2.18. The SMILES string of the molecule is CN(CCl)CCC1CCN(C)C1. The number of hydrogen-bond donors (Lipinski definition) is 0. The van der Waals surface area contributed by atoms with E-state index in [2.05, 4.69) is 23.9 Å². The molecule has 1 rings (SSSR count). The first-order valence-electron chi connectivity index (χ1n) is 4.65. The Morgan fingerprint density at radius 2 is 2.33 bits per heavy atom. The lowest BCUT2D eigenvalue weighted by Crippen LogP contribution is -2.21. The second-order valence-electron chi connectivity index (χ2n) is 3.90. The summed E-state index contributed by atoms with van der Waals surface area (Å²) in [6.45, 7) is 3.69. The van der Waals surface area contributed by atoms with E-state index in [1.807, 2.05) is 0 Å². The molecule has 72 valence electrons. The van der Waals surface area contributed by atoms with E-state index in [1.54, 1.807) is 0 Å². The summed E-state index contributed by atoms with van der Waals surface area (Å²) in [4.78, 5) is 4.57. The zero-order chi connectivity index (χ0) is 8.97. The van der Waals surface area contributed by atoms with Crippen molar-refractivity contribution in [3.8, 4) is 0 Å². The summed E-state index contributed by atoms with van der Waals surface area (Å²) in [5.41, 5.74) is 0. The standard InChI is InChI=1S/C9H19ClN2/c1-11-5-3-9(7-11)4-6-12(2)8-10/h9H,3-8H2,1-2H3. The van der Waals surface area contributed by atoms with Crippen LogP contribution < -0.4 is 0 Å². The van der Waals surface area contributed by atoms with Gasteiger partial charge in [-0.2, -0.15) is 0 Å². The molecule has 0 bridgehead atoms. The third-order valence-corrected chi connectivity index (χ3v) is 3.02. The maximum absolute atomic E-state index is 5.68. The van der Waals surface area contributed by atoms with E-state index in [0.29, 0.717) is 6.00 Å². The van der Waals surface area contributed by atoms with Crippen molar-refractivity contribution < 1.29 is 0 Å². The van der Waals surface area contributed by atoms with Crippen molar-refractivity contribution in [3.63, 3.8) is 0 Å². The Balaban J connectivity index is 2.07. The van der Waals surface area contributed by atoms with Gasteiger partial charge in [0, 0.05) is 6.54 Å². The maximum atomic E-state index is 5.68. The van der Waals surface area contributed by atoms with Gasteiger partial charge in [0.15, 0.2) is 0 Å². The van der Waals surface area contributed by atoms with Crippen LogP contribution in [-0.2, 0) is 0 Å². The fraction of sp³-hybridized carbons (Fsp3) is 1.00. The van der Waals surface area contributed by atoms with Crippen LogP contribution in [0.5, 0.6) is 0 Å². The van der Waals surface area contributed by atoms with E-state index in [4.69, 9.17) is 11.6 Å². The monoisotopic (exact) mass is 190 g/mol. The molecule has 3 heteroatoms. The zero-order valence-corrected chi connectivity index (χ0v) is 8.85. The molecule has 1 unspecified atom stereocenters. The van der Waals surface area contributed by atoms with E-state index in [1.165, 1.54) is 25.9 Å². The van der Waals surface area contributed by atoms with Crippen molar-refractivity contribution in [2.24, 2.45) is 5.92 Å². The Morgan fingerprint density at radius 3 is 2.83 bits per heavy atom. The summed E-state index contributed by atoms with van der Waals surface area (Å²) in [7, 11) is 4.27. The van der Waals surface area contributed by atoms with Crippen LogP contribution in [0.3, 0.4) is 0 Å². The van der Waals surface area contributed by atoms with Gasteiger partial charge in [-0.3, -0.25) is 4.90 Å². The molecule has 1 saturated heterocycles. The summed E-state index contributed by atoms with van der Waals surface area (Å²) >= 11 is 5.68. The Kier molecular flexibility index (Phi) is 4.33. The Bertz CT molecular complexity index is 130. The second kappa shape index (κ2) is 5.05. The van der Waals surface area contributed by atoms with Crippen molar-refractivity contribution in [2.75, 3.05) is 39.7 Å². The Morgan fingerprint density at radius 1 is 1.58 bits per heavy atom. The Labute approximate surface area is 80.5 Å². The third kappa shape index (κ3) is 3.30. The number of alkyl halides is 1. The quantitative estimate of drug-likeness (QED) is 0.489. The molecule has 0 spiro atoms. The Hall–Kier alpha value is 0.210. The molecular formula is C9H19ClN2. The molecule has 0 amide bonds. The first-order valence-corrected chi connectivity index (χ1v) is 5.19. The number of halogens is 1. The first kappa shape index (κ1) is 10.3. The highest BCUT2D eigenvalue weighted by molar-refractivity contribution is 6.17. The summed E-state index contributed by atoms with van der Waals surface area (Å²) < 4.78 is 0. The summed E-state index contributed by atoms with van der Waals surface area (Å²) in [6.07, 6.45) is 2.67. The minimum absolute atomic E-state index is 0.655. The molecular weight excluding hydrogens is 172 g/mol. The van der Waals surface area contributed by atoms with Crippen molar-refractivity contribution in [1.82, 2.24) is 9.80 Å². The minimum Gasteiger partial charge on any atom is -0.306 e. The van der Waals surface area contributed by atoms with Crippen molar-refractivity contribution >= 4 is 11.6 Å². The zero-order valence-electron chi connectivity index (χ0n) is 8.09. The maximum Gasteiger partial charge on any atom is 0.0735 e. The van der Waals surface area contributed by atoms with Crippen LogP contribution in [0.2, 0.25) is 0 Å². The van der Waals surface area contributed by atoms with Gasteiger partial charge in [0.2, 0.25) is 0 Å². The molecule has 12 heavy (non-hydrogen) atoms. The van der Waals surface area contributed by atoms with Gasteiger partial charge in [0.05, 0.1) is 6.00 Å². The average molecular weight is 191 g/mol. The highest BCUT2D eigenvalue weighted by atomic mass is 35.5. The molecule has 0 aliphatic carbocycles. The number of nitrogens with zero attached hydrogens (tertiary/aromatic N) is 2. The lowest BCUT2D eigenvalue weighted by Gasteiger charge is -2.15. The molecule has 0 aromatic heterocycles. The van der Waals surface area contributed by atoms with Gasteiger partial charge < -0.3 is 4.90 Å². The van der Waals surface area contributed by atoms with Crippen molar-refractivity contribution in [3.05, 3.63) is 0 Å². The van der Waals surface area contributed by atoms with Crippen LogP contribution >= 0.6 is 11.6 Å². The van der Waals surface area contributed by atoms with Crippen LogP contribution in [0.15, 0.2) is 0 Å². The highest BCUT2D eigenvalue weighted by Crippen LogP contribution is 2.17. The van der Waals surface area contributed by atoms with Crippen LogP contribution in [0.4, 0.5) is 0 Å². The van der Waals surface area contributed by atoms with Gasteiger partial charge >= 0.3 is 0 Å². The molecule has 0 aromatic rings. The normalized spacial score (nSPS) is 25.5. The smallest absolute Gasteiger partial charge is 0.0735 e. The summed E-state index contributed by atoms with van der Waals surface area (Å²) in [5, 5.41) is 0. The fourth-order valence-corrected chi connectivity index (χ4v) is 1.84. The molecule has 1 heterocycles. The third-order valence-electron chi connectivity index (χ3n) is 2.61. The fourth-order valence-electron chi connectivity index (χ4n) is 1.72. The molecule has 0 radical (unpaired) electrons. The van der Waals surface area contributed by atoms with Gasteiger partial charge in [-0.1, -0.05) is 0 Å². The molecule has 0 N–H and O–H groups in total. The van der Waals surface area contributed by atoms with Gasteiger partial charge in [0.1, 0.15) is 0 Å². The predicted molar refractivity (Wildman–Crippen MR) is 53.6 cm³/mol. The largest absolute Gasteiger partial charge is 0.306 e. The first-order chi connectivity index (χ1) is 5.72. The lowest BCUT2D eigenvalue weighted by molar-refractivity contribution is 0.329. The van der Waals surface area contributed by atoms with Gasteiger partial charge in [-0.15, -0.1) is 11.6 Å². The van der Waals surface area contributed by atoms with E-state index in [0.717, 1.165) is 12.5 Å². The van der Waals surface area contributed by atoms with E-state index >= 15 is 0 Å². The van der Waals surface area contributed by atoms with Crippen molar-refractivity contribution in [1.29, 1.82) is 0 Å². The average Bonchev–Trinajstić information content (AvgIpc) is 2.47. The van der Waals surface area contributed by atoms with Gasteiger partial charge in [0.25, 0.3) is 0 Å². The van der Waals surface area contributed by atoms with Crippen LogP contribution in [0.1, 0.15) is 12.8 Å². The van der Waals surface area contributed by atoms with Crippen LogP contribution in [0, 0.1) is 5.92 Å².